The summed E-state index contributed by atoms with van der Waals surface area (Å²) in [7, 11) is 0. The normalized spacial score (nSPS) is 12.5. The Bertz CT molecular complexity index is 2880. The smallest absolute Gasteiger partial charge is 0.167 e. The first-order valence-electron chi connectivity index (χ1n) is 19.0. The summed E-state index contributed by atoms with van der Waals surface area (Å²) < 4.78 is 6.72. The van der Waals surface area contributed by atoms with Crippen molar-refractivity contribution in [3.05, 3.63) is 200 Å². The summed E-state index contributed by atoms with van der Waals surface area (Å²) in [5.74, 6) is 1.93. The Morgan fingerprint density at radius 1 is 0.446 bits per heavy atom. The molecule has 0 aliphatic heterocycles. The molecule has 5 heteroatoms. The third kappa shape index (κ3) is 6.25. The van der Waals surface area contributed by atoms with Crippen LogP contribution in [0.25, 0.3) is 72.5 Å². The van der Waals surface area contributed by atoms with Crippen molar-refractivity contribution in [1.29, 1.82) is 0 Å². The van der Waals surface area contributed by atoms with Gasteiger partial charge in [-0.25, -0.2) is 15.0 Å². The first-order chi connectivity index (χ1) is 27.8. The van der Waals surface area contributed by atoms with Gasteiger partial charge in [-0.3, -0.25) is 0 Å². The minimum atomic E-state index is 0.590. The van der Waals surface area contributed by atoms with Crippen LogP contribution in [0, 0.1) is 0 Å². The van der Waals surface area contributed by atoms with Crippen LogP contribution in [0.15, 0.2) is 199 Å². The topological polar surface area (TPSA) is 55.1 Å². The molecule has 0 spiro atoms. The van der Waals surface area contributed by atoms with Gasteiger partial charge in [0, 0.05) is 33.4 Å². The summed E-state index contributed by atoms with van der Waals surface area (Å²) >= 11 is 0. The van der Waals surface area contributed by atoms with Crippen LogP contribution in [-0.4, -0.2) is 15.0 Å². The Morgan fingerprint density at radius 3 is 1.70 bits per heavy atom. The molecule has 56 heavy (non-hydrogen) atoms. The van der Waals surface area contributed by atoms with Crippen LogP contribution in [0.3, 0.4) is 0 Å². The van der Waals surface area contributed by atoms with E-state index in [9.17, 15) is 0 Å². The molecule has 1 aliphatic rings. The number of allylic oxidation sites excluding steroid dienone is 4. The van der Waals surface area contributed by atoms with Gasteiger partial charge in [-0.05, 0) is 89.2 Å². The molecule has 0 amide bonds. The maximum atomic E-state index is 6.72. The first kappa shape index (κ1) is 33.2. The molecule has 1 aliphatic carbocycles. The molecule has 5 nitrogen and oxygen atoms in total. The second-order valence-electron chi connectivity index (χ2n) is 13.9. The zero-order valence-corrected chi connectivity index (χ0v) is 30.6. The fourth-order valence-electron chi connectivity index (χ4n) is 7.64. The molecule has 0 fully saturated rings. The molecule has 9 aromatic rings. The monoisotopic (exact) mass is 720 g/mol. The van der Waals surface area contributed by atoms with Crippen LogP contribution in [0.1, 0.15) is 18.7 Å². The molecule has 0 atom stereocenters. The van der Waals surface area contributed by atoms with Crippen LogP contribution in [0.4, 0.5) is 17.1 Å². The summed E-state index contributed by atoms with van der Waals surface area (Å²) in [5.41, 5.74) is 12.2. The van der Waals surface area contributed by atoms with Crippen molar-refractivity contribution in [1.82, 2.24) is 15.0 Å². The Labute approximate surface area is 325 Å². The average molecular weight is 721 g/mol. The van der Waals surface area contributed by atoms with Crippen molar-refractivity contribution >= 4 is 44.6 Å². The van der Waals surface area contributed by atoms with E-state index >= 15 is 0 Å². The van der Waals surface area contributed by atoms with E-state index < -0.39 is 0 Å². The van der Waals surface area contributed by atoms with Crippen molar-refractivity contribution in [2.45, 2.75) is 12.8 Å². The summed E-state index contributed by atoms with van der Waals surface area (Å²) in [6.07, 6.45) is 8.21. The Balaban J connectivity index is 1.08. The highest BCUT2D eigenvalue weighted by atomic mass is 16.3. The molecule has 0 N–H and O–H groups in total. The Kier molecular flexibility index (Phi) is 8.58. The third-order valence-electron chi connectivity index (χ3n) is 10.4. The molecule has 266 valence electrons. The molecule has 0 saturated heterocycles. The zero-order chi connectivity index (χ0) is 37.3. The van der Waals surface area contributed by atoms with Crippen molar-refractivity contribution in [3.8, 4) is 45.0 Å². The molecule has 0 radical (unpaired) electrons. The minimum absolute atomic E-state index is 0.590. The highest BCUT2D eigenvalue weighted by Gasteiger charge is 2.22. The second-order valence-corrected chi connectivity index (χ2v) is 13.9. The second kappa shape index (κ2) is 14.5. The van der Waals surface area contributed by atoms with Gasteiger partial charge in [0.2, 0.25) is 0 Å². The predicted molar refractivity (Wildman–Crippen MR) is 230 cm³/mol. The van der Waals surface area contributed by atoms with Crippen molar-refractivity contribution in [3.63, 3.8) is 0 Å². The number of rotatable bonds is 8. The largest absolute Gasteiger partial charge is 0.455 e. The average Bonchev–Trinajstić information content (AvgIpc) is 3.68. The summed E-state index contributed by atoms with van der Waals surface area (Å²) in [4.78, 5) is 17.4. The highest BCUT2D eigenvalue weighted by Crippen LogP contribution is 2.43. The lowest BCUT2D eigenvalue weighted by Crippen LogP contribution is -2.09. The van der Waals surface area contributed by atoms with Gasteiger partial charge in [-0.1, -0.05) is 146 Å². The van der Waals surface area contributed by atoms with Crippen molar-refractivity contribution in [2.24, 2.45) is 0 Å². The van der Waals surface area contributed by atoms with Gasteiger partial charge >= 0.3 is 0 Å². The van der Waals surface area contributed by atoms with E-state index in [1.165, 1.54) is 11.1 Å². The van der Waals surface area contributed by atoms with Gasteiger partial charge in [0.05, 0.1) is 5.56 Å². The van der Waals surface area contributed by atoms with E-state index in [0.29, 0.717) is 17.5 Å². The zero-order valence-electron chi connectivity index (χ0n) is 30.6. The van der Waals surface area contributed by atoms with E-state index in [4.69, 9.17) is 19.4 Å². The fraction of sp³-hybridized carbons (Fsp3) is 0.0392. The molecule has 7 aromatic carbocycles. The molecule has 2 heterocycles. The molecule has 0 bridgehead atoms. The van der Waals surface area contributed by atoms with E-state index in [1.54, 1.807) is 0 Å². The van der Waals surface area contributed by atoms with Crippen LogP contribution < -0.4 is 4.90 Å². The number of fused-ring (bicyclic) bond motifs is 3. The molecule has 10 rings (SSSR count). The van der Waals surface area contributed by atoms with Gasteiger partial charge in [-0.2, -0.15) is 0 Å². The van der Waals surface area contributed by atoms with Gasteiger partial charge < -0.3 is 9.32 Å². The predicted octanol–water partition coefficient (Wildman–Crippen LogP) is 13.6. The van der Waals surface area contributed by atoms with Crippen LogP contribution >= 0.6 is 0 Å². The number of benzene rings is 7. The van der Waals surface area contributed by atoms with Gasteiger partial charge in [0.15, 0.2) is 17.5 Å². The summed E-state index contributed by atoms with van der Waals surface area (Å²) in [6, 6.07) is 61.2. The number of nitrogens with zero attached hydrogens (tertiary/aromatic N) is 4. The Morgan fingerprint density at radius 2 is 1.00 bits per heavy atom. The van der Waals surface area contributed by atoms with E-state index in [1.807, 2.05) is 48.5 Å². The quantitative estimate of drug-likeness (QED) is 0.156. The minimum Gasteiger partial charge on any atom is -0.455 e. The number of hydrogen-bond acceptors (Lipinski definition) is 5. The molecular weight excluding hydrogens is 685 g/mol. The summed E-state index contributed by atoms with van der Waals surface area (Å²) in [6.45, 7) is 0. The van der Waals surface area contributed by atoms with Crippen LogP contribution in [-0.2, 0) is 0 Å². The van der Waals surface area contributed by atoms with Gasteiger partial charge in [0.25, 0.3) is 0 Å². The number of para-hydroxylation sites is 2. The maximum absolute atomic E-state index is 6.72. The molecule has 0 unspecified atom stereocenters. The molecule has 0 saturated carbocycles. The van der Waals surface area contributed by atoms with Gasteiger partial charge in [-0.15, -0.1) is 0 Å². The highest BCUT2D eigenvalue weighted by molar-refractivity contribution is 6.16. The summed E-state index contributed by atoms with van der Waals surface area (Å²) in [5, 5.41) is 2.08. The third-order valence-corrected chi connectivity index (χ3v) is 10.4. The maximum Gasteiger partial charge on any atom is 0.167 e. The van der Waals surface area contributed by atoms with E-state index in [2.05, 4.69) is 151 Å². The van der Waals surface area contributed by atoms with E-state index in [-0.39, 0.29) is 0 Å². The van der Waals surface area contributed by atoms with Gasteiger partial charge in [0.1, 0.15) is 11.2 Å². The van der Waals surface area contributed by atoms with Crippen LogP contribution in [0.5, 0.6) is 0 Å². The lowest BCUT2D eigenvalue weighted by molar-refractivity contribution is 0.669. The SMILES string of the molecule is C1=CCCC(c2nc(-c3ccccc3)nc(-c3ccc(-c4ccc(N(c5ccccc5)c5ccc(-c6ccccc6)cc5)cc4)c4c3oc3ccccc34)n2)=C1. The molecule has 2 aromatic heterocycles. The van der Waals surface area contributed by atoms with Crippen LogP contribution in [0.2, 0.25) is 0 Å². The molecular formula is C51H36N4O. The van der Waals surface area contributed by atoms with Crippen molar-refractivity contribution in [2.75, 3.05) is 4.90 Å². The number of hydrogen-bond donors (Lipinski definition) is 0. The lowest BCUT2D eigenvalue weighted by atomic mass is 9.96. The number of anilines is 3. The first-order valence-corrected chi connectivity index (χ1v) is 19.0. The van der Waals surface area contributed by atoms with E-state index in [0.717, 1.165) is 79.7 Å². The standard InChI is InChI=1S/C51H36N4O/c1-5-15-35(16-6-1)36-25-29-41(30-26-36)55(40-21-11-4-12-22-40)42-31-27-37(28-32-42)43-33-34-45(48-47(43)44-23-13-14-24-46(44)56-48)51-53-49(38-17-7-2-8-18-38)52-50(54-51)39-19-9-3-10-20-39/h1-9,11-19,21-34H,10,20H2. The lowest BCUT2D eigenvalue weighted by Gasteiger charge is -2.26. The van der Waals surface area contributed by atoms with Crippen molar-refractivity contribution < 1.29 is 4.42 Å². The number of furan rings is 1. The Hall–Kier alpha value is -7.37. The number of aromatic nitrogens is 3. The fourth-order valence-corrected chi connectivity index (χ4v) is 7.64.